The largest absolute Gasteiger partial charge is 0.489 e. The van der Waals surface area contributed by atoms with E-state index in [-0.39, 0.29) is 44.5 Å². The SMILES string of the molecule is C=CCC(CC(=O)NC(CO)Cc1ccc(OCc2ccccc2)cc1)C(=O)NC(CO)CCCCNC(=O)OCc1ccccc1. The molecule has 3 rings (SSSR count). The molecule has 0 aliphatic rings. The van der Waals surface area contributed by atoms with Gasteiger partial charge in [-0.25, -0.2) is 4.79 Å². The summed E-state index contributed by atoms with van der Waals surface area (Å²) in [6.07, 6.45) is 3.46. The number of allylic oxidation sites excluding steroid dienone is 1. The van der Waals surface area contributed by atoms with Gasteiger partial charge in [-0.15, -0.1) is 6.58 Å². The number of rotatable bonds is 21. The number of carbonyl (C=O) groups is 3. The number of hydrogen-bond acceptors (Lipinski definition) is 7. The van der Waals surface area contributed by atoms with Gasteiger partial charge in [0.15, 0.2) is 0 Å². The Kier molecular flexibility index (Phi) is 16.6. The lowest BCUT2D eigenvalue weighted by Crippen LogP contribution is -2.44. The summed E-state index contributed by atoms with van der Waals surface area (Å²) < 4.78 is 11.0. The number of nitrogens with one attached hydrogen (secondary N) is 3. The van der Waals surface area contributed by atoms with Crippen molar-refractivity contribution in [1.29, 1.82) is 0 Å². The minimum Gasteiger partial charge on any atom is -0.489 e. The highest BCUT2D eigenvalue weighted by atomic mass is 16.5. The molecule has 252 valence electrons. The van der Waals surface area contributed by atoms with Gasteiger partial charge in [-0.3, -0.25) is 9.59 Å². The molecule has 10 nitrogen and oxygen atoms in total. The molecule has 3 atom stereocenters. The second kappa shape index (κ2) is 21.2. The molecule has 0 heterocycles. The summed E-state index contributed by atoms with van der Waals surface area (Å²) in [4.78, 5) is 37.8. The van der Waals surface area contributed by atoms with Crippen molar-refractivity contribution in [2.75, 3.05) is 19.8 Å². The first-order chi connectivity index (χ1) is 22.9. The minimum atomic E-state index is -0.678. The molecule has 5 N–H and O–H groups in total. The molecule has 47 heavy (non-hydrogen) atoms. The van der Waals surface area contributed by atoms with Crippen molar-refractivity contribution < 1.29 is 34.1 Å². The molecule has 0 fully saturated rings. The van der Waals surface area contributed by atoms with Gasteiger partial charge in [-0.2, -0.15) is 0 Å². The zero-order valence-corrected chi connectivity index (χ0v) is 26.8. The molecule has 3 aromatic rings. The van der Waals surface area contributed by atoms with Crippen LogP contribution in [0, 0.1) is 5.92 Å². The van der Waals surface area contributed by atoms with Gasteiger partial charge in [-0.05, 0) is 60.9 Å². The molecule has 0 spiro atoms. The Morgan fingerprint density at radius 2 is 1.40 bits per heavy atom. The van der Waals surface area contributed by atoms with Crippen LogP contribution in [0.2, 0.25) is 0 Å². The third-order valence-corrected chi connectivity index (χ3v) is 7.52. The number of alkyl carbamates (subject to hydrolysis) is 1. The lowest BCUT2D eigenvalue weighted by Gasteiger charge is -2.22. The minimum absolute atomic E-state index is 0.0895. The van der Waals surface area contributed by atoms with Crippen LogP contribution in [0.15, 0.2) is 97.6 Å². The maximum atomic E-state index is 13.0. The van der Waals surface area contributed by atoms with E-state index >= 15 is 0 Å². The Morgan fingerprint density at radius 3 is 2.02 bits per heavy atom. The molecular weight excluding hydrogens is 598 g/mol. The normalized spacial score (nSPS) is 12.6. The van der Waals surface area contributed by atoms with E-state index in [0.29, 0.717) is 38.8 Å². The molecule has 0 aliphatic carbocycles. The molecule has 3 unspecified atom stereocenters. The number of unbranched alkanes of at least 4 members (excludes halogenated alkanes) is 1. The maximum absolute atomic E-state index is 13.0. The Balaban J connectivity index is 1.37. The van der Waals surface area contributed by atoms with Gasteiger partial charge in [0.2, 0.25) is 11.8 Å². The van der Waals surface area contributed by atoms with Crippen molar-refractivity contribution in [2.45, 2.75) is 63.8 Å². The second-order valence-corrected chi connectivity index (χ2v) is 11.4. The van der Waals surface area contributed by atoms with Crippen LogP contribution >= 0.6 is 0 Å². The fraction of sp³-hybridized carbons (Fsp3) is 0.378. The van der Waals surface area contributed by atoms with Crippen molar-refractivity contribution in [2.24, 2.45) is 5.92 Å². The fourth-order valence-electron chi connectivity index (χ4n) is 4.91. The molecule has 3 amide bonds. The average molecular weight is 646 g/mol. The van der Waals surface area contributed by atoms with Gasteiger partial charge in [0.05, 0.1) is 31.2 Å². The van der Waals surface area contributed by atoms with Crippen LogP contribution in [0.5, 0.6) is 5.75 Å². The van der Waals surface area contributed by atoms with E-state index in [9.17, 15) is 24.6 Å². The molecule has 0 aromatic heterocycles. The Morgan fingerprint density at radius 1 is 0.766 bits per heavy atom. The van der Waals surface area contributed by atoms with E-state index < -0.39 is 24.1 Å². The predicted octanol–water partition coefficient (Wildman–Crippen LogP) is 4.44. The highest BCUT2D eigenvalue weighted by molar-refractivity contribution is 5.86. The summed E-state index contributed by atoms with van der Waals surface area (Å²) in [6.45, 7) is 4.25. The molecule has 0 saturated heterocycles. The van der Waals surface area contributed by atoms with Crippen LogP contribution in [0.25, 0.3) is 0 Å². The third-order valence-electron chi connectivity index (χ3n) is 7.52. The van der Waals surface area contributed by atoms with Crippen molar-refractivity contribution in [1.82, 2.24) is 16.0 Å². The number of amides is 3. The van der Waals surface area contributed by atoms with E-state index in [2.05, 4.69) is 22.5 Å². The quantitative estimate of drug-likeness (QED) is 0.0851. The van der Waals surface area contributed by atoms with E-state index in [1.807, 2.05) is 84.9 Å². The van der Waals surface area contributed by atoms with E-state index in [0.717, 1.165) is 22.4 Å². The van der Waals surface area contributed by atoms with Crippen LogP contribution in [0.4, 0.5) is 4.79 Å². The zero-order chi connectivity index (χ0) is 33.7. The lowest BCUT2D eigenvalue weighted by atomic mass is 9.98. The van der Waals surface area contributed by atoms with Gasteiger partial charge in [0.1, 0.15) is 19.0 Å². The Bertz CT molecular complexity index is 1350. The average Bonchev–Trinajstić information content (AvgIpc) is 3.10. The van der Waals surface area contributed by atoms with Gasteiger partial charge in [0, 0.05) is 13.0 Å². The van der Waals surface area contributed by atoms with E-state index in [4.69, 9.17) is 9.47 Å². The van der Waals surface area contributed by atoms with Gasteiger partial charge < -0.3 is 35.6 Å². The van der Waals surface area contributed by atoms with Crippen molar-refractivity contribution >= 4 is 17.9 Å². The molecule has 0 aliphatic heterocycles. The van der Waals surface area contributed by atoms with Crippen LogP contribution < -0.4 is 20.7 Å². The molecule has 10 heteroatoms. The molecular formula is C37H47N3O7. The number of carbonyl (C=O) groups excluding carboxylic acids is 3. The number of aliphatic hydroxyl groups is 2. The van der Waals surface area contributed by atoms with Gasteiger partial charge in [0.25, 0.3) is 0 Å². The Labute approximate surface area is 277 Å². The van der Waals surface area contributed by atoms with Gasteiger partial charge >= 0.3 is 6.09 Å². The first-order valence-corrected chi connectivity index (χ1v) is 16.0. The van der Waals surface area contributed by atoms with E-state index in [1.165, 1.54) is 0 Å². The molecule has 0 radical (unpaired) electrons. The standard InChI is InChI=1S/C37H47N3O7/c1-2-11-31(36(44)40-32(24-41)16-9-10-21-38-37(45)47-27-30-14-7-4-8-15-30)23-35(43)39-33(25-42)22-28-17-19-34(20-18-28)46-26-29-12-5-3-6-13-29/h2-8,12-15,17-20,31-33,41-42H,1,9-11,16,21-27H2,(H,38,45)(H,39,43)(H,40,44). The van der Waals surface area contributed by atoms with Crippen molar-refractivity contribution in [3.8, 4) is 5.75 Å². The lowest BCUT2D eigenvalue weighted by molar-refractivity contribution is -0.131. The molecule has 0 bridgehead atoms. The zero-order valence-electron chi connectivity index (χ0n) is 26.8. The van der Waals surface area contributed by atoms with Crippen LogP contribution in [0.1, 0.15) is 48.8 Å². The topological polar surface area (TPSA) is 146 Å². The summed E-state index contributed by atoms with van der Waals surface area (Å²) in [5, 5.41) is 28.1. The Hall–Kier alpha value is -4.67. The van der Waals surface area contributed by atoms with Crippen molar-refractivity contribution in [3.05, 3.63) is 114 Å². The molecule has 0 saturated carbocycles. The maximum Gasteiger partial charge on any atom is 0.407 e. The number of hydrogen-bond donors (Lipinski definition) is 5. The number of aliphatic hydroxyl groups excluding tert-OH is 2. The summed E-state index contributed by atoms with van der Waals surface area (Å²) in [5.74, 6) is -0.673. The number of benzene rings is 3. The summed E-state index contributed by atoms with van der Waals surface area (Å²) in [6, 6.07) is 25.7. The van der Waals surface area contributed by atoms with Gasteiger partial charge in [-0.1, -0.05) is 78.9 Å². The number of ether oxygens (including phenoxy) is 2. The fourth-order valence-corrected chi connectivity index (χ4v) is 4.91. The predicted molar refractivity (Wildman–Crippen MR) is 180 cm³/mol. The summed E-state index contributed by atoms with van der Waals surface area (Å²) in [7, 11) is 0. The highest BCUT2D eigenvalue weighted by Crippen LogP contribution is 2.16. The molecule has 3 aromatic carbocycles. The van der Waals surface area contributed by atoms with Crippen molar-refractivity contribution in [3.63, 3.8) is 0 Å². The van der Waals surface area contributed by atoms with Crippen LogP contribution in [-0.2, 0) is 34.0 Å². The van der Waals surface area contributed by atoms with Crippen LogP contribution in [-0.4, -0.2) is 60.0 Å². The monoisotopic (exact) mass is 645 g/mol. The summed E-state index contributed by atoms with van der Waals surface area (Å²) >= 11 is 0. The summed E-state index contributed by atoms with van der Waals surface area (Å²) in [5.41, 5.74) is 2.89. The smallest absolute Gasteiger partial charge is 0.407 e. The second-order valence-electron chi connectivity index (χ2n) is 11.4. The van der Waals surface area contributed by atoms with E-state index in [1.54, 1.807) is 6.08 Å². The third kappa shape index (κ3) is 14.5. The van der Waals surface area contributed by atoms with Crippen LogP contribution in [0.3, 0.4) is 0 Å². The first-order valence-electron chi connectivity index (χ1n) is 16.0. The first kappa shape index (κ1) is 36.8. The highest BCUT2D eigenvalue weighted by Gasteiger charge is 2.24.